The summed E-state index contributed by atoms with van der Waals surface area (Å²) in [7, 11) is 0. The van der Waals surface area contributed by atoms with E-state index in [4.69, 9.17) is 0 Å². The zero-order valence-corrected chi connectivity index (χ0v) is 28.4. The Morgan fingerprint density at radius 2 is 1.04 bits per heavy atom. The zero-order chi connectivity index (χ0) is 33.5. The van der Waals surface area contributed by atoms with Gasteiger partial charge < -0.3 is 9.47 Å². The Morgan fingerprint density at radius 1 is 0.373 bits per heavy atom. The summed E-state index contributed by atoms with van der Waals surface area (Å²) in [5.74, 6) is 0. The molecule has 2 nitrogen and oxygen atoms in total. The van der Waals surface area contributed by atoms with Gasteiger partial charge in [0.1, 0.15) is 0 Å². The van der Waals surface area contributed by atoms with E-state index in [1.807, 2.05) is 11.3 Å². The van der Waals surface area contributed by atoms with Gasteiger partial charge in [-0.15, -0.1) is 11.3 Å². The van der Waals surface area contributed by atoms with E-state index in [1.165, 1.54) is 74.3 Å². The monoisotopic (exact) mass is 666 g/mol. The van der Waals surface area contributed by atoms with Crippen molar-refractivity contribution in [3.05, 3.63) is 182 Å². The maximum absolute atomic E-state index is 2.52. The van der Waals surface area contributed by atoms with E-state index in [2.05, 4.69) is 191 Å². The van der Waals surface area contributed by atoms with Gasteiger partial charge in [0.05, 0.1) is 22.4 Å². The van der Waals surface area contributed by atoms with Crippen LogP contribution in [0, 0.1) is 0 Å². The summed E-state index contributed by atoms with van der Waals surface area (Å²) in [4.78, 5) is 2.52. The van der Waals surface area contributed by atoms with Crippen LogP contribution in [0.2, 0.25) is 0 Å². The summed E-state index contributed by atoms with van der Waals surface area (Å²) >= 11 is 1.86. The number of rotatable bonds is 4. The highest BCUT2D eigenvalue weighted by Gasteiger charge is 2.24. The first-order valence-electron chi connectivity index (χ1n) is 17.4. The fourth-order valence-corrected chi connectivity index (χ4v) is 9.43. The zero-order valence-electron chi connectivity index (χ0n) is 27.6. The van der Waals surface area contributed by atoms with Crippen LogP contribution < -0.4 is 4.90 Å². The first kappa shape index (κ1) is 28.4. The van der Waals surface area contributed by atoms with E-state index >= 15 is 0 Å². The van der Waals surface area contributed by atoms with Crippen molar-refractivity contribution in [2.45, 2.75) is 0 Å². The molecule has 11 aromatic rings. The van der Waals surface area contributed by atoms with Gasteiger partial charge in [-0.2, -0.15) is 0 Å². The fourth-order valence-electron chi connectivity index (χ4n) is 8.35. The van der Waals surface area contributed by atoms with Gasteiger partial charge in [-0.3, -0.25) is 0 Å². The average molecular weight is 667 g/mol. The van der Waals surface area contributed by atoms with Gasteiger partial charge in [-0.05, 0) is 87.6 Å². The molecule has 2 aromatic heterocycles. The van der Waals surface area contributed by atoms with Crippen molar-refractivity contribution in [1.82, 2.24) is 4.57 Å². The number of aromatic nitrogens is 1. The Bertz CT molecular complexity index is 3150. The number of fused-ring (bicyclic) bond motifs is 11. The summed E-state index contributed by atoms with van der Waals surface area (Å²) in [5.41, 5.74) is 6.99. The Kier molecular flexibility index (Phi) is 6.16. The SMILES string of the molecule is c1ccc(-n2c3ccccc3c3c(N(c4ccc5sc6ccccc6c5c4)c4cc5ccc6ccccc6c5c5ccccc45)cccc32)cc1. The molecule has 0 spiro atoms. The predicted octanol–water partition coefficient (Wildman–Crippen LogP) is 14.1. The number of benzene rings is 9. The van der Waals surface area contributed by atoms with Crippen LogP contribution in [0.1, 0.15) is 0 Å². The molecule has 0 saturated heterocycles. The molecule has 0 radical (unpaired) electrons. The van der Waals surface area contributed by atoms with E-state index in [-0.39, 0.29) is 0 Å². The largest absolute Gasteiger partial charge is 0.309 e. The predicted molar refractivity (Wildman–Crippen MR) is 221 cm³/mol. The number of hydrogen-bond acceptors (Lipinski definition) is 2. The smallest absolute Gasteiger partial charge is 0.0562 e. The van der Waals surface area contributed by atoms with Crippen LogP contribution >= 0.6 is 11.3 Å². The lowest BCUT2D eigenvalue weighted by Gasteiger charge is -2.29. The van der Waals surface area contributed by atoms with Crippen LogP contribution in [0.25, 0.3) is 80.0 Å². The van der Waals surface area contributed by atoms with E-state index in [1.54, 1.807) is 0 Å². The first-order valence-corrected chi connectivity index (χ1v) is 18.3. The van der Waals surface area contributed by atoms with Gasteiger partial charge in [-0.25, -0.2) is 0 Å². The second-order valence-corrected chi connectivity index (χ2v) is 14.4. The minimum Gasteiger partial charge on any atom is -0.309 e. The van der Waals surface area contributed by atoms with Crippen molar-refractivity contribution >= 4 is 103 Å². The van der Waals surface area contributed by atoms with Crippen LogP contribution in [0.5, 0.6) is 0 Å². The molecule has 0 bridgehead atoms. The van der Waals surface area contributed by atoms with Gasteiger partial charge in [0.2, 0.25) is 0 Å². The summed E-state index contributed by atoms with van der Waals surface area (Å²) < 4.78 is 5.02. The Hall–Kier alpha value is -6.42. The lowest BCUT2D eigenvalue weighted by molar-refractivity contribution is 1.18. The molecule has 51 heavy (non-hydrogen) atoms. The molecular weight excluding hydrogens is 637 g/mol. The molecular formula is C48H30N2S. The number of nitrogens with zero attached hydrogens (tertiary/aromatic N) is 2. The highest BCUT2D eigenvalue weighted by atomic mass is 32.1. The van der Waals surface area contributed by atoms with Crippen LogP contribution in [0.4, 0.5) is 17.1 Å². The minimum atomic E-state index is 1.14. The Balaban J connectivity index is 1.29. The summed E-state index contributed by atoms with van der Waals surface area (Å²) in [6.07, 6.45) is 0. The lowest BCUT2D eigenvalue weighted by Crippen LogP contribution is -2.11. The summed E-state index contributed by atoms with van der Waals surface area (Å²) in [6.45, 7) is 0. The van der Waals surface area contributed by atoms with Crippen molar-refractivity contribution in [3.8, 4) is 5.69 Å². The van der Waals surface area contributed by atoms with Gasteiger partial charge in [0.25, 0.3) is 0 Å². The number of hydrogen-bond donors (Lipinski definition) is 0. The van der Waals surface area contributed by atoms with Gasteiger partial charge in [0, 0.05) is 47.7 Å². The van der Waals surface area contributed by atoms with E-state index in [0.717, 1.165) is 22.7 Å². The van der Waals surface area contributed by atoms with Crippen LogP contribution in [0.15, 0.2) is 182 Å². The van der Waals surface area contributed by atoms with Crippen LogP contribution in [0.3, 0.4) is 0 Å². The maximum atomic E-state index is 2.52. The number of anilines is 3. The molecule has 0 aliphatic carbocycles. The fraction of sp³-hybridized carbons (Fsp3) is 0. The van der Waals surface area contributed by atoms with Crippen LogP contribution in [-0.4, -0.2) is 4.57 Å². The lowest BCUT2D eigenvalue weighted by atomic mass is 9.94. The molecule has 0 amide bonds. The molecule has 0 unspecified atom stereocenters. The third-order valence-corrected chi connectivity index (χ3v) is 11.7. The van der Waals surface area contributed by atoms with Crippen molar-refractivity contribution < 1.29 is 0 Å². The molecule has 11 rings (SSSR count). The molecule has 9 aromatic carbocycles. The Labute approximate surface area is 298 Å². The Morgan fingerprint density at radius 3 is 1.92 bits per heavy atom. The topological polar surface area (TPSA) is 8.17 Å². The minimum absolute atomic E-state index is 1.14. The first-order chi connectivity index (χ1) is 25.3. The quantitative estimate of drug-likeness (QED) is 0.170. The molecule has 0 atom stereocenters. The number of para-hydroxylation sites is 2. The van der Waals surface area contributed by atoms with E-state index in [0.29, 0.717) is 0 Å². The third kappa shape index (κ3) is 4.22. The highest BCUT2D eigenvalue weighted by Crippen LogP contribution is 2.49. The normalized spacial score (nSPS) is 11.9. The standard InChI is InChI=1S/C48H30N2S/c1-2-14-33(15-3-1)49-41-21-10-8-20-39(41)48-42(49)22-12-23-43(48)50(34-27-28-46-40(30-34)37-18-9-11-24-45(37)51-46)44-29-32-26-25-31-13-4-5-16-35(31)47(32)38-19-7-6-17-36(38)44/h1-30H. The third-order valence-electron chi connectivity index (χ3n) is 10.5. The van der Waals surface area contributed by atoms with Gasteiger partial charge in [-0.1, -0.05) is 121 Å². The summed E-state index contributed by atoms with van der Waals surface area (Å²) in [6, 6.07) is 66.8. The molecule has 2 heterocycles. The molecule has 3 heteroatoms. The molecule has 0 saturated carbocycles. The number of thiophene rings is 1. The van der Waals surface area contributed by atoms with Crippen molar-refractivity contribution in [2.24, 2.45) is 0 Å². The maximum Gasteiger partial charge on any atom is 0.0562 e. The molecule has 0 aliphatic heterocycles. The molecule has 0 aliphatic rings. The van der Waals surface area contributed by atoms with E-state index < -0.39 is 0 Å². The van der Waals surface area contributed by atoms with Crippen molar-refractivity contribution in [2.75, 3.05) is 4.90 Å². The molecule has 0 fully saturated rings. The van der Waals surface area contributed by atoms with Crippen molar-refractivity contribution in [1.29, 1.82) is 0 Å². The van der Waals surface area contributed by atoms with E-state index in [9.17, 15) is 0 Å². The van der Waals surface area contributed by atoms with Gasteiger partial charge >= 0.3 is 0 Å². The van der Waals surface area contributed by atoms with Crippen molar-refractivity contribution in [3.63, 3.8) is 0 Å². The summed E-state index contributed by atoms with van der Waals surface area (Å²) in [5, 5.41) is 12.6. The second-order valence-electron chi connectivity index (χ2n) is 13.3. The molecule has 0 N–H and O–H groups in total. The average Bonchev–Trinajstić information content (AvgIpc) is 3.74. The molecule has 238 valence electrons. The van der Waals surface area contributed by atoms with Gasteiger partial charge in [0.15, 0.2) is 0 Å². The second kappa shape index (κ2) is 11.0. The van der Waals surface area contributed by atoms with Crippen LogP contribution in [-0.2, 0) is 0 Å². The highest BCUT2D eigenvalue weighted by molar-refractivity contribution is 7.25.